The number of benzene rings is 1. The fraction of sp³-hybridized carbons (Fsp3) is 0.500. The highest BCUT2D eigenvalue weighted by atomic mass is 35.5. The van der Waals surface area contributed by atoms with E-state index >= 15 is 0 Å². The summed E-state index contributed by atoms with van der Waals surface area (Å²) >= 11 is 0. The predicted molar refractivity (Wildman–Crippen MR) is 75.9 cm³/mol. The van der Waals surface area contributed by atoms with Crippen LogP contribution in [0, 0.1) is 17.6 Å². The third-order valence-electron chi connectivity index (χ3n) is 3.57. The number of carbonyl (C=O) groups is 1. The molecule has 112 valence electrons. The summed E-state index contributed by atoms with van der Waals surface area (Å²) < 4.78 is 26.4. The highest BCUT2D eigenvalue weighted by Crippen LogP contribution is 2.22. The molecule has 2 unspecified atom stereocenters. The number of carbonyl (C=O) groups excluding carboxylic acids is 1. The highest BCUT2D eigenvalue weighted by molar-refractivity contribution is 5.94. The van der Waals surface area contributed by atoms with E-state index in [9.17, 15) is 13.6 Å². The van der Waals surface area contributed by atoms with Crippen molar-refractivity contribution in [2.45, 2.75) is 31.7 Å². The van der Waals surface area contributed by atoms with Crippen LogP contribution < -0.4 is 11.1 Å². The van der Waals surface area contributed by atoms with Crippen LogP contribution in [0.25, 0.3) is 0 Å². The van der Waals surface area contributed by atoms with Crippen LogP contribution in [0.3, 0.4) is 0 Å². The molecule has 3 nitrogen and oxygen atoms in total. The molecule has 0 aliphatic heterocycles. The van der Waals surface area contributed by atoms with Gasteiger partial charge in [0.15, 0.2) is 11.6 Å². The molecule has 1 aromatic carbocycles. The van der Waals surface area contributed by atoms with Crippen molar-refractivity contribution >= 4 is 18.3 Å². The molecular formula is C14H19ClF2N2O. The topological polar surface area (TPSA) is 55.1 Å². The van der Waals surface area contributed by atoms with Crippen LogP contribution in [-0.2, 0) is 0 Å². The molecule has 0 bridgehead atoms. The zero-order valence-electron chi connectivity index (χ0n) is 11.1. The molecule has 0 spiro atoms. The van der Waals surface area contributed by atoms with Crippen molar-refractivity contribution < 1.29 is 13.6 Å². The average Bonchev–Trinajstić information content (AvgIpc) is 2.39. The van der Waals surface area contributed by atoms with Crippen LogP contribution in [0.15, 0.2) is 18.2 Å². The molecule has 1 aromatic rings. The molecule has 3 N–H and O–H groups in total. The molecule has 1 saturated carbocycles. The molecular weight excluding hydrogens is 286 g/mol. The van der Waals surface area contributed by atoms with Gasteiger partial charge in [-0.2, -0.15) is 0 Å². The molecule has 1 aliphatic carbocycles. The summed E-state index contributed by atoms with van der Waals surface area (Å²) in [6, 6.07) is 3.78. The summed E-state index contributed by atoms with van der Waals surface area (Å²) in [6.07, 6.45) is 3.95. The largest absolute Gasteiger partial charge is 0.352 e. The van der Waals surface area contributed by atoms with E-state index in [0.717, 1.165) is 31.7 Å². The third kappa shape index (κ3) is 4.15. The van der Waals surface area contributed by atoms with E-state index < -0.39 is 17.5 Å². The normalized spacial score (nSPS) is 21.9. The Balaban J connectivity index is 0.00000200. The van der Waals surface area contributed by atoms with Crippen LogP contribution in [0.2, 0.25) is 0 Å². The highest BCUT2D eigenvalue weighted by Gasteiger charge is 2.21. The van der Waals surface area contributed by atoms with Crippen molar-refractivity contribution in [3.8, 4) is 0 Å². The molecule has 0 aromatic heterocycles. The van der Waals surface area contributed by atoms with Gasteiger partial charge in [0.1, 0.15) is 0 Å². The molecule has 20 heavy (non-hydrogen) atoms. The van der Waals surface area contributed by atoms with Crippen molar-refractivity contribution in [1.29, 1.82) is 0 Å². The molecule has 1 aliphatic rings. The third-order valence-corrected chi connectivity index (χ3v) is 3.57. The summed E-state index contributed by atoms with van der Waals surface area (Å²) in [5, 5.41) is 2.66. The van der Waals surface area contributed by atoms with Crippen molar-refractivity contribution in [3.63, 3.8) is 0 Å². The van der Waals surface area contributed by atoms with Crippen LogP contribution in [0.5, 0.6) is 0 Å². The van der Waals surface area contributed by atoms with Gasteiger partial charge >= 0.3 is 0 Å². The molecule has 1 amide bonds. The molecule has 6 heteroatoms. The summed E-state index contributed by atoms with van der Waals surface area (Å²) in [5.41, 5.74) is 5.61. The Bertz CT molecular complexity index is 470. The second kappa shape index (κ2) is 7.55. The van der Waals surface area contributed by atoms with Crippen LogP contribution in [0.4, 0.5) is 8.78 Å². The van der Waals surface area contributed by atoms with Crippen molar-refractivity contribution in [2.75, 3.05) is 6.54 Å². The first-order valence-electron chi connectivity index (χ1n) is 6.55. The van der Waals surface area contributed by atoms with Gasteiger partial charge in [-0.1, -0.05) is 12.5 Å². The van der Waals surface area contributed by atoms with Crippen LogP contribution in [0.1, 0.15) is 36.0 Å². The van der Waals surface area contributed by atoms with Crippen molar-refractivity contribution in [1.82, 2.24) is 5.32 Å². The Morgan fingerprint density at radius 3 is 2.80 bits per heavy atom. The minimum Gasteiger partial charge on any atom is -0.352 e. The lowest BCUT2D eigenvalue weighted by Crippen LogP contribution is -2.35. The lowest BCUT2D eigenvalue weighted by Gasteiger charge is -2.26. The van der Waals surface area contributed by atoms with E-state index in [-0.39, 0.29) is 24.0 Å². The molecule has 0 heterocycles. The monoisotopic (exact) mass is 304 g/mol. The standard InChI is InChI=1S/C14H18F2N2O.ClH/c15-12-6-2-5-11(13(12)16)14(19)18-8-9-3-1-4-10(17)7-9;/h2,5-6,9-10H,1,3-4,7-8,17H2,(H,18,19);1H. The first-order chi connectivity index (χ1) is 9.08. The van der Waals surface area contributed by atoms with Crippen molar-refractivity contribution in [2.24, 2.45) is 11.7 Å². The van der Waals surface area contributed by atoms with Gasteiger partial charge in [-0.3, -0.25) is 4.79 Å². The zero-order valence-corrected chi connectivity index (χ0v) is 11.9. The SMILES string of the molecule is Cl.NC1CCCC(CNC(=O)c2cccc(F)c2F)C1. The quantitative estimate of drug-likeness (QED) is 0.902. The second-order valence-electron chi connectivity index (χ2n) is 5.10. The lowest BCUT2D eigenvalue weighted by atomic mass is 9.86. The maximum absolute atomic E-state index is 13.4. The first kappa shape index (κ1) is 16.9. The summed E-state index contributed by atoms with van der Waals surface area (Å²) in [4.78, 5) is 11.8. The number of hydrogen-bond donors (Lipinski definition) is 2. The van der Waals surface area contributed by atoms with E-state index in [2.05, 4.69) is 5.32 Å². The van der Waals surface area contributed by atoms with E-state index in [1.165, 1.54) is 12.1 Å². The number of nitrogens with one attached hydrogen (secondary N) is 1. The molecule has 1 fully saturated rings. The Morgan fingerprint density at radius 1 is 1.35 bits per heavy atom. The van der Waals surface area contributed by atoms with Gasteiger partial charge in [-0.15, -0.1) is 12.4 Å². The number of rotatable bonds is 3. The minimum absolute atomic E-state index is 0. The number of amides is 1. The molecule has 2 atom stereocenters. The molecule has 2 rings (SSSR count). The Kier molecular flexibility index (Phi) is 6.36. The van der Waals surface area contributed by atoms with Gasteiger partial charge < -0.3 is 11.1 Å². The maximum atomic E-state index is 13.4. The summed E-state index contributed by atoms with van der Waals surface area (Å²) in [5.74, 6) is -2.35. The predicted octanol–water partition coefficient (Wildman–Crippen LogP) is 2.63. The van der Waals surface area contributed by atoms with Gasteiger partial charge in [0.05, 0.1) is 5.56 Å². The van der Waals surface area contributed by atoms with E-state index in [1.54, 1.807) is 0 Å². The fourth-order valence-electron chi connectivity index (χ4n) is 2.53. The van der Waals surface area contributed by atoms with Crippen LogP contribution >= 0.6 is 12.4 Å². The van der Waals surface area contributed by atoms with Gasteiger partial charge in [0.25, 0.3) is 5.91 Å². The fourth-order valence-corrected chi connectivity index (χ4v) is 2.53. The van der Waals surface area contributed by atoms with Gasteiger partial charge in [0, 0.05) is 12.6 Å². The van der Waals surface area contributed by atoms with Crippen molar-refractivity contribution in [3.05, 3.63) is 35.4 Å². The Labute approximate surface area is 123 Å². The molecule has 0 saturated heterocycles. The van der Waals surface area contributed by atoms with Gasteiger partial charge in [-0.05, 0) is 37.3 Å². The van der Waals surface area contributed by atoms with E-state index in [4.69, 9.17) is 5.73 Å². The smallest absolute Gasteiger partial charge is 0.254 e. The minimum atomic E-state index is -1.10. The first-order valence-corrected chi connectivity index (χ1v) is 6.55. The number of halogens is 3. The Hall–Kier alpha value is -1.20. The zero-order chi connectivity index (χ0) is 13.8. The molecule has 0 radical (unpaired) electrons. The van der Waals surface area contributed by atoms with Gasteiger partial charge in [-0.25, -0.2) is 8.78 Å². The summed E-state index contributed by atoms with van der Waals surface area (Å²) in [7, 11) is 0. The lowest BCUT2D eigenvalue weighted by molar-refractivity contribution is 0.0937. The van der Waals surface area contributed by atoms with Gasteiger partial charge in [0.2, 0.25) is 0 Å². The second-order valence-corrected chi connectivity index (χ2v) is 5.10. The maximum Gasteiger partial charge on any atom is 0.254 e. The van der Waals surface area contributed by atoms with E-state index in [0.29, 0.717) is 12.5 Å². The number of nitrogens with two attached hydrogens (primary N) is 1. The van der Waals surface area contributed by atoms with E-state index in [1.807, 2.05) is 0 Å². The Morgan fingerprint density at radius 2 is 2.10 bits per heavy atom. The van der Waals surface area contributed by atoms with Crippen LogP contribution in [-0.4, -0.2) is 18.5 Å². The average molecular weight is 305 g/mol. The number of hydrogen-bond acceptors (Lipinski definition) is 2. The summed E-state index contributed by atoms with van der Waals surface area (Å²) in [6.45, 7) is 0.461.